The Balaban J connectivity index is 2.16. The molecule has 0 aliphatic rings. The van der Waals surface area contributed by atoms with Crippen molar-refractivity contribution in [1.82, 2.24) is 10.2 Å². The van der Waals surface area contributed by atoms with Gasteiger partial charge < -0.3 is 10.2 Å². The summed E-state index contributed by atoms with van der Waals surface area (Å²) in [4.78, 5) is 28.4. The van der Waals surface area contributed by atoms with E-state index in [1.54, 1.807) is 52.0 Å². The van der Waals surface area contributed by atoms with Crippen molar-refractivity contribution in [2.24, 2.45) is 0 Å². The average molecular weight is 659 g/mol. The molecule has 0 aliphatic carbocycles. The van der Waals surface area contributed by atoms with Crippen LogP contribution in [0.5, 0.6) is 0 Å². The minimum absolute atomic E-state index is 0.130. The van der Waals surface area contributed by atoms with Crippen LogP contribution >= 0.6 is 23.2 Å². The van der Waals surface area contributed by atoms with E-state index in [1.165, 1.54) is 30.3 Å². The molecule has 1 atom stereocenters. The topological polar surface area (TPSA) is 86.8 Å². The molecular weight excluding hydrogens is 626 g/mol. The van der Waals surface area contributed by atoms with Crippen molar-refractivity contribution >= 4 is 50.7 Å². The van der Waals surface area contributed by atoms with E-state index in [0.29, 0.717) is 15.9 Å². The molecule has 3 rings (SSSR count). The number of carbonyl (C=O) groups is 2. The Morgan fingerprint density at radius 2 is 1.49 bits per heavy atom. The molecule has 2 amide bonds. The average Bonchev–Trinajstić information content (AvgIpc) is 2.92. The molecule has 0 radical (unpaired) electrons. The normalized spacial score (nSPS) is 12.9. The van der Waals surface area contributed by atoms with Gasteiger partial charge in [-0.2, -0.15) is 13.2 Å². The summed E-state index contributed by atoms with van der Waals surface area (Å²) in [6.07, 6.45) is -4.64. The molecule has 232 valence electrons. The fraction of sp³-hybridized carbons (Fsp3) is 0.333. The number of benzene rings is 3. The summed E-state index contributed by atoms with van der Waals surface area (Å²) in [5, 5.41) is 3.25. The van der Waals surface area contributed by atoms with Crippen molar-refractivity contribution < 1.29 is 31.2 Å². The second-order valence-corrected chi connectivity index (χ2v) is 13.4. The van der Waals surface area contributed by atoms with Gasteiger partial charge in [-0.15, -0.1) is 0 Å². The molecule has 0 fully saturated rings. The van der Waals surface area contributed by atoms with E-state index >= 15 is 0 Å². The van der Waals surface area contributed by atoms with Crippen LogP contribution in [0.4, 0.5) is 18.9 Å². The summed E-state index contributed by atoms with van der Waals surface area (Å²) < 4.78 is 69.1. The summed E-state index contributed by atoms with van der Waals surface area (Å²) in [6, 6.07) is 14.3. The largest absolute Gasteiger partial charge is 0.416 e. The quantitative estimate of drug-likeness (QED) is 0.256. The zero-order chi connectivity index (χ0) is 32.2. The maximum absolute atomic E-state index is 14.1. The van der Waals surface area contributed by atoms with E-state index in [0.717, 1.165) is 17.0 Å². The Labute approximate surface area is 259 Å². The number of sulfonamides is 1. The van der Waals surface area contributed by atoms with Crippen molar-refractivity contribution in [2.75, 3.05) is 10.8 Å². The highest BCUT2D eigenvalue weighted by molar-refractivity contribution is 7.92. The highest BCUT2D eigenvalue weighted by atomic mass is 35.5. The molecule has 0 unspecified atom stereocenters. The number of carbonyl (C=O) groups excluding carboxylic acids is 2. The Kier molecular flexibility index (Phi) is 10.8. The van der Waals surface area contributed by atoms with Gasteiger partial charge in [-0.05, 0) is 69.7 Å². The molecule has 1 N–H and O–H groups in total. The van der Waals surface area contributed by atoms with Gasteiger partial charge in [0, 0.05) is 27.7 Å². The van der Waals surface area contributed by atoms with Crippen molar-refractivity contribution in [3.05, 3.63) is 94.0 Å². The Morgan fingerprint density at radius 1 is 0.907 bits per heavy atom. The third kappa shape index (κ3) is 8.64. The van der Waals surface area contributed by atoms with Crippen molar-refractivity contribution in [2.45, 2.75) is 63.3 Å². The number of nitrogens with zero attached hydrogens (tertiary/aromatic N) is 2. The van der Waals surface area contributed by atoms with Gasteiger partial charge in [-0.3, -0.25) is 13.9 Å². The number of hydrogen-bond donors (Lipinski definition) is 1. The summed E-state index contributed by atoms with van der Waals surface area (Å²) in [7, 11) is -4.55. The van der Waals surface area contributed by atoms with Gasteiger partial charge in [0.2, 0.25) is 11.8 Å². The number of nitrogens with one attached hydrogen (secondary N) is 1. The van der Waals surface area contributed by atoms with Gasteiger partial charge in [0.1, 0.15) is 12.6 Å². The Hall–Kier alpha value is -3.28. The first-order chi connectivity index (χ1) is 20.0. The van der Waals surface area contributed by atoms with Crippen LogP contribution in [0, 0.1) is 0 Å². The number of halogens is 5. The Morgan fingerprint density at radius 3 is 2.02 bits per heavy atom. The standard InChI is InChI=1S/C30H32Cl2F3N3O4S/c1-5-26(28(40)36-29(2,3)4)37(18-23-24(31)15-10-16-25(23)32)27(39)19-38(43(41,42)22-13-7-6-8-14-22)21-12-9-11-20(17-21)30(33,34)35/h6-17,26H,5,18-19H2,1-4H3,(H,36,40)/t26-/m0/s1. The summed E-state index contributed by atoms with van der Waals surface area (Å²) >= 11 is 12.8. The maximum Gasteiger partial charge on any atom is 0.416 e. The first kappa shape index (κ1) is 34.2. The molecule has 0 saturated heterocycles. The molecule has 0 saturated carbocycles. The van der Waals surface area contributed by atoms with E-state index in [2.05, 4.69) is 5.32 Å². The van der Waals surface area contributed by atoms with E-state index in [9.17, 15) is 31.2 Å². The zero-order valence-corrected chi connectivity index (χ0v) is 26.3. The molecule has 0 aliphatic heterocycles. The molecule has 13 heteroatoms. The van der Waals surface area contributed by atoms with Crippen molar-refractivity contribution in [3.63, 3.8) is 0 Å². The number of hydrogen-bond acceptors (Lipinski definition) is 4. The smallest absolute Gasteiger partial charge is 0.350 e. The van der Waals surface area contributed by atoms with Crippen molar-refractivity contribution in [1.29, 1.82) is 0 Å². The lowest BCUT2D eigenvalue weighted by molar-refractivity contribution is -0.141. The number of anilines is 1. The fourth-order valence-electron chi connectivity index (χ4n) is 4.31. The van der Waals surface area contributed by atoms with Gasteiger partial charge in [-0.1, -0.05) is 60.5 Å². The molecule has 7 nitrogen and oxygen atoms in total. The van der Waals surface area contributed by atoms with Crippen molar-refractivity contribution in [3.8, 4) is 0 Å². The number of rotatable bonds is 10. The number of amides is 2. The van der Waals surface area contributed by atoms with E-state index in [4.69, 9.17) is 23.2 Å². The predicted octanol–water partition coefficient (Wildman–Crippen LogP) is 6.93. The first-order valence-corrected chi connectivity index (χ1v) is 15.4. The minimum Gasteiger partial charge on any atom is -0.350 e. The fourth-order valence-corrected chi connectivity index (χ4v) is 6.26. The van der Waals surface area contributed by atoms with Crippen LogP contribution in [0.2, 0.25) is 10.0 Å². The molecule has 0 bridgehead atoms. The zero-order valence-electron chi connectivity index (χ0n) is 24.0. The van der Waals surface area contributed by atoms with E-state index < -0.39 is 51.7 Å². The maximum atomic E-state index is 14.1. The molecule has 3 aromatic rings. The SMILES string of the molecule is CC[C@@H](C(=O)NC(C)(C)C)N(Cc1c(Cl)cccc1Cl)C(=O)CN(c1cccc(C(F)(F)F)c1)S(=O)(=O)c1ccccc1. The molecular formula is C30H32Cl2F3N3O4S. The second-order valence-electron chi connectivity index (χ2n) is 10.8. The molecule has 0 aromatic heterocycles. The third-order valence-electron chi connectivity index (χ3n) is 6.35. The van der Waals surface area contributed by atoms with Gasteiger partial charge in [0.15, 0.2) is 0 Å². The summed E-state index contributed by atoms with van der Waals surface area (Å²) in [5.74, 6) is -1.37. The molecule has 0 spiro atoms. The molecule has 3 aromatic carbocycles. The van der Waals surface area contributed by atoms with Crippen LogP contribution in [0.1, 0.15) is 45.2 Å². The van der Waals surface area contributed by atoms with Gasteiger partial charge in [0.25, 0.3) is 10.0 Å². The predicted molar refractivity (Wildman–Crippen MR) is 161 cm³/mol. The monoisotopic (exact) mass is 657 g/mol. The lowest BCUT2D eigenvalue weighted by atomic mass is 10.1. The molecule has 0 heterocycles. The lowest BCUT2D eigenvalue weighted by Crippen LogP contribution is -2.55. The van der Waals surface area contributed by atoms with Crippen LogP contribution in [0.25, 0.3) is 0 Å². The highest BCUT2D eigenvalue weighted by Crippen LogP contribution is 2.34. The third-order valence-corrected chi connectivity index (χ3v) is 8.84. The van der Waals surface area contributed by atoms with Crippen LogP contribution in [0.3, 0.4) is 0 Å². The van der Waals surface area contributed by atoms with E-state index in [1.807, 2.05) is 0 Å². The Bertz CT molecular complexity index is 1540. The minimum atomic E-state index is -4.77. The summed E-state index contributed by atoms with van der Waals surface area (Å²) in [6.45, 7) is 5.77. The van der Waals surface area contributed by atoms with Gasteiger partial charge >= 0.3 is 6.18 Å². The summed E-state index contributed by atoms with van der Waals surface area (Å²) in [5.41, 5.74) is -1.82. The van der Waals surface area contributed by atoms with Crippen LogP contribution in [-0.2, 0) is 32.3 Å². The number of alkyl halides is 3. The van der Waals surface area contributed by atoms with Crippen LogP contribution in [0.15, 0.2) is 77.7 Å². The van der Waals surface area contributed by atoms with Gasteiger partial charge in [0.05, 0.1) is 16.1 Å². The lowest BCUT2D eigenvalue weighted by Gasteiger charge is -2.35. The second kappa shape index (κ2) is 13.6. The van der Waals surface area contributed by atoms with Crippen LogP contribution in [-0.4, -0.2) is 43.3 Å². The first-order valence-electron chi connectivity index (χ1n) is 13.2. The molecule has 43 heavy (non-hydrogen) atoms. The van der Waals surface area contributed by atoms with Gasteiger partial charge in [-0.25, -0.2) is 8.42 Å². The van der Waals surface area contributed by atoms with E-state index in [-0.39, 0.29) is 33.6 Å². The highest BCUT2D eigenvalue weighted by Gasteiger charge is 2.36. The van der Waals surface area contributed by atoms with Crippen LogP contribution < -0.4 is 9.62 Å².